The monoisotopic (exact) mass is 406 g/mol. The third kappa shape index (κ3) is 5.75. The second kappa shape index (κ2) is 9.48. The van der Waals surface area contributed by atoms with Crippen molar-refractivity contribution in [1.82, 2.24) is 4.72 Å². The number of nitrogens with zero attached hydrogens (tertiary/aromatic N) is 1. The SMILES string of the molecule is Cc1cc(C#N)ccc1S(=O)(=O)NCc1ccc(COCc2ccccc2)cc1. The maximum Gasteiger partial charge on any atom is 0.241 e. The number of nitriles is 1. The van der Waals surface area contributed by atoms with E-state index in [9.17, 15) is 8.42 Å². The number of rotatable bonds is 8. The number of benzene rings is 3. The summed E-state index contributed by atoms with van der Waals surface area (Å²) >= 11 is 0. The fraction of sp³-hybridized carbons (Fsp3) is 0.174. The third-order valence-electron chi connectivity index (χ3n) is 4.46. The summed E-state index contributed by atoms with van der Waals surface area (Å²) < 4.78 is 33.4. The summed E-state index contributed by atoms with van der Waals surface area (Å²) in [4.78, 5) is 0.183. The van der Waals surface area contributed by atoms with Crippen LogP contribution in [0.15, 0.2) is 77.7 Å². The van der Waals surface area contributed by atoms with Gasteiger partial charge in [0.05, 0.1) is 29.7 Å². The highest BCUT2D eigenvalue weighted by Gasteiger charge is 2.16. The molecule has 5 nitrogen and oxygen atoms in total. The summed E-state index contributed by atoms with van der Waals surface area (Å²) in [6.07, 6.45) is 0. The number of aryl methyl sites for hydroxylation is 1. The molecule has 29 heavy (non-hydrogen) atoms. The van der Waals surface area contributed by atoms with Gasteiger partial charge >= 0.3 is 0 Å². The van der Waals surface area contributed by atoms with Gasteiger partial charge in [0.1, 0.15) is 0 Å². The molecule has 0 aliphatic carbocycles. The Kier molecular flexibility index (Phi) is 6.78. The van der Waals surface area contributed by atoms with Crippen LogP contribution in [-0.2, 0) is 34.5 Å². The van der Waals surface area contributed by atoms with Crippen molar-refractivity contribution in [1.29, 1.82) is 5.26 Å². The molecule has 0 atom stereocenters. The Balaban J connectivity index is 1.55. The highest BCUT2D eigenvalue weighted by atomic mass is 32.2. The van der Waals surface area contributed by atoms with Crippen molar-refractivity contribution < 1.29 is 13.2 Å². The average Bonchev–Trinajstić information content (AvgIpc) is 2.73. The van der Waals surface area contributed by atoms with Gasteiger partial charge in [-0.1, -0.05) is 54.6 Å². The molecule has 0 spiro atoms. The van der Waals surface area contributed by atoms with Crippen LogP contribution < -0.4 is 4.72 Å². The molecule has 3 aromatic rings. The Morgan fingerprint density at radius 2 is 1.52 bits per heavy atom. The predicted octanol–water partition coefficient (Wildman–Crippen LogP) is 4.06. The average molecular weight is 407 g/mol. The minimum atomic E-state index is -3.65. The zero-order valence-corrected chi connectivity index (χ0v) is 16.9. The molecule has 0 radical (unpaired) electrons. The van der Waals surface area contributed by atoms with Crippen LogP contribution in [0.4, 0.5) is 0 Å². The van der Waals surface area contributed by atoms with Gasteiger partial charge in [0.15, 0.2) is 0 Å². The molecule has 0 saturated heterocycles. The molecule has 0 saturated carbocycles. The molecule has 3 aromatic carbocycles. The molecule has 6 heteroatoms. The van der Waals surface area contributed by atoms with Crippen molar-refractivity contribution in [2.45, 2.75) is 31.6 Å². The first-order chi connectivity index (χ1) is 14.0. The Hall–Kier alpha value is -2.98. The quantitative estimate of drug-likeness (QED) is 0.612. The van der Waals surface area contributed by atoms with Crippen LogP contribution in [0.2, 0.25) is 0 Å². The summed E-state index contributed by atoms with van der Waals surface area (Å²) in [5, 5.41) is 8.92. The molecule has 0 aliphatic rings. The lowest BCUT2D eigenvalue weighted by Gasteiger charge is -2.10. The molecule has 0 aliphatic heterocycles. The van der Waals surface area contributed by atoms with Crippen LogP contribution in [0.3, 0.4) is 0 Å². The third-order valence-corrected chi connectivity index (χ3v) is 6.02. The Morgan fingerprint density at radius 3 is 2.14 bits per heavy atom. The highest BCUT2D eigenvalue weighted by Crippen LogP contribution is 2.17. The van der Waals surface area contributed by atoms with Gasteiger partial charge in [-0.3, -0.25) is 0 Å². The van der Waals surface area contributed by atoms with Gasteiger partial charge < -0.3 is 4.74 Å². The summed E-state index contributed by atoms with van der Waals surface area (Å²) in [7, 11) is -3.65. The lowest BCUT2D eigenvalue weighted by atomic mass is 10.1. The van der Waals surface area contributed by atoms with E-state index in [1.165, 1.54) is 12.1 Å². The first-order valence-electron chi connectivity index (χ1n) is 9.18. The van der Waals surface area contributed by atoms with E-state index in [2.05, 4.69) is 4.72 Å². The number of sulfonamides is 1. The first kappa shape index (κ1) is 20.7. The van der Waals surface area contributed by atoms with Crippen molar-refractivity contribution in [2.24, 2.45) is 0 Å². The van der Waals surface area contributed by atoms with Crippen molar-refractivity contribution in [3.63, 3.8) is 0 Å². The molecule has 0 unspecified atom stereocenters. The molecule has 0 fully saturated rings. The second-order valence-electron chi connectivity index (χ2n) is 6.71. The molecule has 0 heterocycles. The minimum absolute atomic E-state index is 0.183. The van der Waals surface area contributed by atoms with Gasteiger partial charge in [0.2, 0.25) is 10.0 Å². The van der Waals surface area contributed by atoms with Crippen LogP contribution in [0.1, 0.15) is 27.8 Å². The van der Waals surface area contributed by atoms with Gasteiger partial charge in [-0.25, -0.2) is 13.1 Å². The maximum atomic E-state index is 12.6. The van der Waals surface area contributed by atoms with E-state index < -0.39 is 10.0 Å². The van der Waals surface area contributed by atoms with Crippen molar-refractivity contribution in [2.75, 3.05) is 0 Å². The largest absolute Gasteiger partial charge is 0.372 e. The van der Waals surface area contributed by atoms with Crippen LogP contribution in [0, 0.1) is 18.3 Å². The molecular formula is C23H22N2O3S. The summed E-state index contributed by atoms with van der Waals surface area (Å²) in [5.41, 5.74) is 3.98. The standard InChI is InChI=1S/C23H22N2O3S/c1-18-13-22(14-24)11-12-23(18)29(26,27)25-15-19-7-9-21(10-8-19)17-28-16-20-5-3-2-4-6-20/h2-13,25H,15-17H2,1H3. The first-order valence-corrected chi connectivity index (χ1v) is 10.7. The maximum absolute atomic E-state index is 12.6. The number of ether oxygens (including phenoxy) is 1. The van der Waals surface area contributed by atoms with Gasteiger partial charge in [0, 0.05) is 6.54 Å². The number of hydrogen-bond acceptors (Lipinski definition) is 4. The normalized spacial score (nSPS) is 11.2. The van der Waals surface area contributed by atoms with Gasteiger partial charge in [-0.2, -0.15) is 5.26 Å². The molecular weight excluding hydrogens is 384 g/mol. The molecule has 3 rings (SSSR count). The van der Waals surface area contributed by atoms with E-state index >= 15 is 0 Å². The fourth-order valence-corrected chi connectivity index (χ4v) is 4.13. The Labute approximate surface area is 171 Å². The van der Waals surface area contributed by atoms with E-state index in [1.807, 2.05) is 60.7 Å². The molecule has 0 amide bonds. The van der Waals surface area contributed by atoms with Crippen molar-refractivity contribution in [3.8, 4) is 6.07 Å². The highest BCUT2D eigenvalue weighted by molar-refractivity contribution is 7.89. The van der Waals surface area contributed by atoms with E-state index in [1.54, 1.807) is 13.0 Å². The van der Waals surface area contributed by atoms with E-state index in [-0.39, 0.29) is 11.4 Å². The zero-order chi connectivity index (χ0) is 20.7. The Morgan fingerprint density at radius 1 is 0.897 bits per heavy atom. The zero-order valence-electron chi connectivity index (χ0n) is 16.1. The molecule has 0 aromatic heterocycles. The second-order valence-corrected chi connectivity index (χ2v) is 8.45. The smallest absolute Gasteiger partial charge is 0.241 e. The van der Waals surface area contributed by atoms with Gasteiger partial charge in [-0.15, -0.1) is 0 Å². The molecule has 148 valence electrons. The van der Waals surface area contributed by atoms with Gasteiger partial charge in [0.25, 0.3) is 0 Å². The lowest BCUT2D eigenvalue weighted by molar-refractivity contribution is 0.107. The summed E-state index contributed by atoms with van der Waals surface area (Å²) in [6, 6.07) is 24.1. The molecule has 1 N–H and O–H groups in total. The van der Waals surface area contributed by atoms with Crippen LogP contribution >= 0.6 is 0 Å². The Bertz CT molecular complexity index is 1100. The predicted molar refractivity (Wildman–Crippen MR) is 111 cm³/mol. The topological polar surface area (TPSA) is 79.2 Å². The summed E-state index contributed by atoms with van der Waals surface area (Å²) in [6.45, 7) is 2.91. The lowest BCUT2D eigenvalue weighted by Crippen LogP contribution is -2.24. The fourth-order valence-electron chi connectivity index (χ4n) is 2.89. The van der Waals surface area contributed by atoms with E-state index in [0.29, 0.717) is 24.3 Å². The minimum Gasteiger partial charge on any atom is -0.372 e. The summed E-state index contributed by atoms with van der Waals surface area (Å²) in [5.74, 6) is 0. The van der Waals surface area contributed by atoms with Crippen molar-refractivity contribution >= 4 is 10.0 Å². The van der Waals surface area contributed by atoms with E-state index in [0.717, 1.165) is 16.7 Å². The number of hydrogen-bond donors (Lipinski definition) is 1. The number of nitrogens with one attached hydrogen (secondary N) is 1. The van der Waals surface area contributed by atoms with E-state index in [4.69, 9.17) is 10.00 Å². The molecule has 0 bridgehead atoms. The van der Waals surface area contributed by atoms with Crippen LogP contribution in [-0.4, -0.2) is 8.42 Å². The van der Waals surface area contributed by atoms with Crippen molar-refractivity contribution in [3.05, 3.63) is 101 Å². The van der Waals surface area contributed by atoms with Gasteiger partial charge in [-0.05, 0) is 47.4 Å². The van der Waals surface area contributed by atoms with Crippen LogP contribution in [0.5, 0.6) is 0 Å². The van der Waals surface area contributed by atoms with Crippen LogP contribution in [0.25, 0.3) is 0 Å².